The summed E-state index contributed by atoms with van der Waals surface area (Å²) < 4.78 is 11.4. The van der Waals surface area contributed by atoms with E-state index in [4.69, 9.17) is 9.47 Å². The predicted molar refractivity (Wildman–Crippen MR) is 114 cm³/mol. The van der Waals surface area contributed by atoms with Gasteiger partial charge in [0.25, 0.3) is 0 Å². The van der Waals surface area contributed by atoms with E-state index in [0.29, 0.717) is 13.2 Å². The zero-order valence-corrected chi connectivity index (χ0v) is 16.3. The molecule has 146 valence electrons. The van der Waals surface area contributed by atoms with Crippen LogP contribution in [0.4, 0.5) is 5.69 Å². The number of aromatic nitrogens is 1. The maximum atomic E-state index is 5.75. The Balaban J connectivity index is 1.36. The van der Waals surface area contributed by atoms with E-state index in [1.807, 2.05) is 18.2 Å². The van der Waals surface area contributed by atoms with Crippen LogP contribution < -0.4 is 20.1 Å². The lowest BCUT2D eigenvalue weighted by molar-refractivity contribution is 0.297. The molecular formula is C22H26N4O2. The molecule has 1 aromatic heterocycles. The summed E-state index contributed by atoms with van der Waals surface area (Å²) in [6.07, 6.45) is 3.89. The van der Waals surface area contributed by atoms with E-state index in [-0.39, 0.29) is 0 Å². The number of hydrogen-bond donors (Lipinski definition) is 3. The van der Waals surface area contributed by atoms with Crippen LogP contribution in [0.2, 0.25) is 0 Å². The lowest BCUT2D eigenvalue weighted by Gasteiger charge is -2.14. The summed E-state index contributed by atoms with van der Waals surface area (Å²) in [6.45, 7) is 4.26. The first-order chi connectivity index (χ1) is 13.7. The number of nitrogens with one attached hydrogen (secondary N) is 3. The molecule has 0 atom stereocenters. The molecule has 3 N–H and O–H groups in total. The van der Waals surface area contributed by atoms with Gasteiger partial charge in [0.15, 0.2) is 17.5 Å². The van der Waals surface area contributed by atoms with Crippen molar-refractivity contribution in [3.63, 3.8) is 0 Å². The Labute approximate surface area is 165 Å². The Bertz CT molecular complexity index is 993. The van der Waals surface area contributed by atoms with Crippen LogP contribution in [-0.4, -0.2) is 37.7 Å². The number of hydrogen-bond acceptors (Lipinski definition) is 3. The lowest BCUT2D eigenvalue weighted by atomic mass is 10.1. The van der Waals surface area contributed by atoms with Gasteiger partial charge in [-0.1, -0.05) is 12.1 Å². The third-order valence-corrected chi connectivity index (χ3v) is 4.84. The SMILES string of the molecule is CN=C(NCCc1c[nH]c2cc(C)ccc12)Nc1ccc2c(c1)OCCCO2. The van der Waals surface area contributed by atoms with Gasteiger partial charge >= 0.3 is 0 Å². The van der Waals surface area contributed by atoms with Gasteiger partial charge in [-0.25, -0.2) is 0 Å². The smallest absolute Gasteiger partial charge is 0.195 e. The molecule has 2 aromatic carbocycles. The first-order valence-corrected chi connectivity index (χ1v) is 9.67. The van der Waals surface area contributed by atoms with Gasteiger partial charge in [-0.05, 0) is 42.7 Å². The first kappa shape index (κ1) is 18.2. The summed E-state index contributed by atoms with van der Waals surface area (Å²) in [7, 11) is 1.77. The highest BCUT2D eigenvalue weighted by Gasteiger charge is 2.11. The minimum atomic E-state index is 0.674. The fraction of sp³-hybridized carbons (Fsp3) is 0.318. The van der Waals surface area contributed by atoms with Crippen molar-refractivity contribution >= 4 is 22.5 Å². The van der Waals surface area contributed by atoms with Crippen molar-refractivity contribution in [3.05, 3.63) is 53.7 Å². The summed E-state index contributed by atoms with van der Waals surface area (Å²) >= 11 is 0. The third-order valence-electron chi connectivity index (χ3n) is 4.84. The van der Waals surface area contributed by atoms with Gasteiger partial charge in [-0.3, -0.25) is 4.99 Å². The molecule has 0 saturated heterocycles. The molecule has 0 radical (unpaired) electrons. The average molecular weight is 378 g/mol. The highest BCUT2D eigenvalue weighted by Crippen LogP contribution is 2.32. The van der Waals surface area contributed by atoms with Crippen molar-refractivity contribution in [2.24, 2.45) is 4.99 Å². The molecule has 0 aliphatic carbocycles. The van der Waals surface area contributed by atoms with Crippen molar-refractivity contribution in [3.8, 4) is 11.5 Å². The maximum Gasteiger partial charge on any atom is 0.195 e. The highest BCUT2D eigenvalue weighted by atomic mass is 16.5. The minimum absolute atomic E-state index is 0.674. The predicted octanol–water partition coefficient (Wildman–Crippen LogP) is 3.87. The van der Waals surface area contributed by atoms with Gasteiger partial charge in [0.2, 0.25) is 0 Å². The topological polar surface area (TPSA) is 70.7 Å². The van der Waals surface area contributed by atoms with Crippen LogP contribution in [0, 0.1) is 6.92 Å². The van der Waals surface area contributed by atoms with E-state index in [9.17, 15) is 0 Å². The van der Waals surface area contributed by atoms with Crippen molar-refractivity contribution in [2.75, 3.05) is 32.1 Å². The molecule has 3 aromatic rings. The maximum absolute atomic E-state index is 5.75. The molecule has 4 rings (SSSR count). The Morgan fingerprint density at radius 1 is 1.11 bits per heavy atom. The van der Waals surface area contributed by atoms with E-state index in [2.05, 4.69) is 51.9 Å². The minimum Gasteiger partial charge on any atom is -0.490 e. The molecule has 6 nitrogen and oxygen atoms in total. The molecule has 0 bridgehead atoms. The lowest BCUT2D eigenvalue weighted by Crippen LogP contribution is -2.32. The van der Waals surface area contributed by atoms with Crippen molar-refractivity contribution in [2.45, 2.75) is 19.8 Å². The number of guanidine groups is 1. The molecule has 1 aliphatic rings. The van der Waals surface area contributed by atoms with Gasteiger partial charge in [-0.15, -0.1) is 0 Å². The number of rotatable bonds is 4. The van der Waals surface area contributed by atoms with Crippen LogP contribution in [0.3, 0.4) is 0 Å². The van der Waals surface area contributed by atoms with Crippen molar-refractivity contribution in [1.29, 1.82) is 0 Å². The number of nitrogens with zero attached hydrogens (tertiary/aromatic N) is 1. The van der Waals surface area contributed by atoms with Crippen molar-refractivity contribution in [1.82, 2.24) is 10.3 Å². The fourth-order valence-electron chi connectivity index (χ4n) is 3.38. The van der Waals surface area contributed by atoms with E-state index in [1.165, 1.54) is 22.0 Å². The number of fused-ring (bicyclic) bond motifs is 2. The second-order valence-electron chi connectivity index (χ2n) is 6.95. The fourth-order valence-corrected chi connectivity index (χ4v) is 3.38. The number of aryl methyl sites for hydroxylation is 1. The number of anilines is 1. The molecule has 2 heterocycles. The highest BCUT2D eigenvalue weighted by molar-refractivity contribution is 5.94. The molecule has 0 amide bonds. The summed E-state index contributed by atoms with van der Waals surface area (Å²) in [5.41, 5.74) is 4.66. The molecule has 1 aliphatic heterocycles. The Kier molecular flexibility index (Phi) is 5.37. The number of benzene rings is 2. The second kappa shape index (κ2) is 8.25. The Morgan fingerprint density at radius 3 is 2.82 bits per heavy atom. The van der Waals surface area contributed by atoms with Crippen molar-refractivity contribution < 1.29 is 9.47 Å². The Hall–Kier alpha value is -3.15. The van der Waals surface area contributed by atoms with Crippen LogP contribution in [0.25, 0.3) is 10.9 Å². The first-order valence-electron chi connectivity index (χ1n) is 9.67. The van der Waals surface area contributed by atoms with E-state index in [1.54, 1.807) is 7.05 Å². The van der Waals surface area contributed by atoms with E-state index >= 15 is 0 Å². The molecular weight excluding hydrogens is 352 g/mol. The molecule has 6 heteroatoms. The van der Waals surface area contributed by atoms with Crippen LogP contribution in [0.5, 0.6) is 11.5 Å². The second-order valence-corrected chi connectivity index (χ2v) is 6.95. The van der Waals surface area contributed by atoms with Gasteiger partial charge < -0.3 is 25.1 Å². The summed E-state index contributed by atoms with van der Waals surface area (Å²) in [6, 6.07) is 12.4. The number of aliphatic imine (C=N–C) groups is 1. The van der Waals surface area contributed by atoms with E-state index < -0.39 is 0 Å². The number of ether oxygens (including phenoxy) is 2. The molecule has 0 spiro atoms. The van der Waals surface area contributed by atoms with Crippen LogP contribution in [0.1, 0.15) is 17.5 Å². The van der Waals surface area contributed by atoms with Crippen LogP contribution >= 0.6 is 0 Å². The number of H-pyrrole nitrogens is 1. The molecule has 0 saturated carbocycles. The van der Waals surface area contributed by atoms with Gasteiger partial charge in [0.05, 0.1) is 13.2 Å². The normalized spacial score (nSPS) is 14.0. The van der Waals surface area contributed by atoms with E-state index in [0.717, 1.165) is 42.5 Å². The molecule has 0 unspecified atom stereocenters. The quantitative estimate of drug-likeness (QED) is 0.476. The largest absolute Gasteiger partial charge is 0.490 e. The van der Waals surface area contributed by atoms with Gasteiger partial charge in [0, 0.05) is 48.9 Å². The van der Waals surface area contributed by atoms with Crippen LogP contribution in [-0.2, 0) is 6.42 Å². The van der Waals surface area contributed by atoms with Crippen LogP contribution in [0.15, 0.2) is 47.6 Å². The molecule has 0 fully saturated rings. The summed E-state index contributed by atoms with van der Waals surface area (Å²) in [5, 5.41) is 7.97. The monoisotopic (exact) mass is 378 g/mol. The standard InChI is InChI=1S/C22H26N4O2/c1-15-4-6-18-16(14-25-19(18)12-15)8-9-24-22(23-2)26-17-5-7-20-21(13-17)28-11-3-10-27-20/h4-7,12-14,25H,3,8-11H2,1-2H3,(H2,23,24,26). The summed E-state index contributed by atoms with van der Waals surface area (Å²) in [5.74, 6) is 2.29. The van der Waals surface area contributed by atoms with Gasteiger partial charge in [0.1, 0.15) is 0 Å². The zero-order valence-electron chi connectivity index (χ0n) is 16.3. The summed E-state index contributed by atoms with van der Waals surface area (Å²) in [4.78, 5) is 7.68. The average Bonchev–Trinajstić information content (AvgIpc) is 2.94. The van der Waals surface area contributed by atoms with Gasteiger partial charge in [-0.2, -0.15) is 0 Å². The zero-order chi connectivity index (χ0) is 19.3. The third kappa shape index (κ3) is 4.06. The Morgan fingerprint density at radius 2 is 1.96 bits per heavy atom. The molecule has 28 heavy (non-hydrogen) atoms. The number of aromatic amines is 1.